The second-order valence-electron chi connectivity index (χ2n) is 5.88. The molecule has 0 fully saturated rings. The number of ether oxygens (including phenoxy) is 1. The zero-order chi connectivity index (χ0) is 18.2. The van der Waals surface area contributed by atoms with Crippen molar-refractivity contribution in [2.75, 3.05) is 6.54 Å². The number of nitrogens with one attached hydrogen (secondary N) is 2. The molecule has 0 bridgehead atoms. The van der Waals surface area contributed by atoms with Crippen LogP contribution >= 0.6 is 0 Å². The molecule has 0 saturated carbocycles. The number of hydrogen-bond acceptors (Lipinski definition) is 5. The van der Waals surface area contributed by atoms with Gasteiger partial charge in [0, 0.05) is 6.54 Å². The molecule has 0 aromatic carbocycles. The third-order valence-corrected chi connectivity index (χ3v) is 2.60. The molecule has 2 atom stereocenters. The van der Waals surface area contributed by atoms with Crippen molar-refractivity contribution in [1.82, 2.24) is 10.6 Å². The first kappa shape index (κ1) is 20.4. The topological polar surface area (TPSA) is 169 Å². The molecule has 0 radical (unpaired) electrons. The maximum absolute atomic E-state index is 11.7. The van der Waals surface area contributed by atoms with Crippen molar-refractivity contribution in [3.05, 3.63) is 10.1 Å². The van der Waals surface area contributed by atoms with Gasteiger partial charge in [-0.2, -0.15) is 0 Å². The van der Waals surface area contributed by atoms with Crippen molar-refractivity contribution in [2.24, 2.45) is 16.8 Å². The molecule has 0 saturated heterocycles. The highest BCUT2D eigenvalue weighted by Gasteiger charge is 2.28. The highest BCUT2D eigenvalue weighted by Crippen LogP contribution is 2.11. The number of nitrogens with two attached hydrogens (primary N) is 1. The summed E-state index contributed by atoms with van der Waals surface area (Å²) in [5.41, 5.74) is 4.49. The van der Waals surface area contributed by atoms with Crippen molar-refractivity contribution in [3.63, 3.8) is 0 Å². The number of nitro groups is 1. The Hall–Kier alpha value is -2.59. The Bertz CT molecular complexity index is 473. The fourth-order valence-electron chi connectivity index (χ4n) is 1.60. The minimum Gasteiger partial charge on any atom is -0.480 e. The number of alkyl carbamates (subject to hydrolysis) is 1. The smallest absolute Gasteiger partial charge is 0.408 e. The summed E-state index contributed by atoms with van der Waals surface area (Å²) in [6.07, 6.45) is -0.556. The van der Waals surface area contributed by atoms with Gasteiger partial charge in [0.2, 0.25) is 0 Å². The number of amides is 1. The number of hydrogen-bond donors (Lipinski definition) is 4. The minimum atomic E-state index is -1.21. The average Bonchev–Trinajstić information content (AvgIpc) is 2.32. The fourth-order valence-corrected chi connectivity index (χ4v) is 1.60. The largest absolute Gasteiger partial charge is 0.480 e. The molecule has 0 spiro atoms. The normalized spacial score (nSPS) is 14.5. The Labute approximate surface area is 133 Å². The SMILES string of the molecule is C[C@H](CCN/C(N)=N/[N+](=O)[O-])[C@H](NC(=O)OC(C)(C)C)C(=O)O. The number of aliphatic carboxylic acids is 1. The molecule has 0 aliphatic carbocycles. The zero-order valence-corrected chi connectivity index (χ0v) is 13.5. The molecule has 11 nitrogen and oxygen atoms in total. The quantitative estimate of drug-likeness (QED) is 0.220. The minimum absolute atomic E-state index is 0.157. The van der Waals surface area contributed by atoms with Crippen LogP contribution in [0.1, 0.15) is 34.1 Å². The number of rotatable bonds is 7. The molecule has 132 valence electrons. The average molecular weight is 333 g/mol. The van der Waals surface area contributed by atoms with E-state index in [0.29, 0.717) is 0 Å². The number of guanidine groups is 1. The summed E-state index contributed by atoms with van der Waals surface area (Å²) in [5, 5.41) is 25.9. The molecule has 5 N–H and O–H groups in total. The summed E-state index contributed by atoms with van der Waals surface area (Å²) in [6.45, 7) is 6.75. The third-order valence-electron chi connectivity index (χ3n) is 2.60. The summed E-state index contributed by atoms with van der Waals surface area (Å²) in [5.74, 6) is -2.07. The predicted octanol–water partition coefficient (Wildman–Crippen LogP) is 0.0865. The van der Waals surface area contributed by atoms with Gasteiger partial charge >= 0.3 is 12.1 Å². The van der Waals surface area contributed by atoms with Gasteiger partial charge in [-0.15, -0.1) is 0 Å². The first-order chi connectivity index (χ1) is 10.4. The van der Waals surface area contributed by atoms with Gasteiger partial charge in [0.15, 0.2) is 5.03 Å². The maximum Gasteiger partial charge on any atom is 0.408 e. The first-order valence-electron chi connectivity index (χ1n) is 6.87. The van der Waals surface area contributed by atoms with Gasteiger partial charge in [0.25, 0.3) is 5.96 Å². The number of hydrazone groups is 1. The van der Waals surface area contributed by atoms with Crippen LogP contribution in [0.3, 0.4) is 0 Å². The summed E-state index contributed by atoms with van der Waals surface area (Å²) in [7, 11) is 0. The molecule has 0 unspecified atom stereocenters. The van der Waals surface area contributed by atoms with E-state index in [1.54, 1.807) is 27.7 Å². The van der Waals surface area contributed by atoms with E-state index in [0.717, 1.165) is 0 Å². The van der Waals surface area contributed by atoms with E-state index < -0.39 is 34.7 Å². The Morgan fingerprint density at radius 1 is 1.43 bits per heavy atom. The van der Waals surface area contributed by atoms with Crippen molar-refractivity contribution in [1.29, 1.82) is 0 Å². The number of nitrogens with zero attached hydrogens (tertiary/aromatic N) is 2. The molecule has 11 heteroatoms. The van der Waals surface area contributed by atoms with Crippen LogP contribution in [0.15, 0.2) is 5.10 Å². The lowest BCUT2D eigenvalue weighted by Crippen LogP contribution is -2.47. The lowest BCUT2D eigenvalue weighted by atomic mass is 9.98. The van der Waals surface area contributed by atoms with Gasteiger partial charge < -0.3 is 26.2 Å². The summed E-state index contributed by atoms with van der Waals surface area (Å²) >= 11 is 0. The lowest BCUT2D eigenvalue weighted by Gasteiger charge is -2.25. The van der Waals surface area contributed by atoms with Crippen LogP contribution in [0.4, 0.5) is 4.79 Å². The number of carbonyl (C=O) groups is 2. The van der Waals surface area contributed by atoms with Crippen LogP contribution in [-0.4, -0.2) is 46.3 Å². The van der Waals surface area contributed by atoms with E-state index in [1.165, 1.54) is 0 Å². The molecular weight excluding hydrogens is 310 g/mol. The van der Waals surface area contributed by atoms with E-state index >= 15 is 0 Å². The van der Waals surface area contributed by atoms with Crippen LogP contribution in [0.5, 0.6) is 0 Å². The number of carboxylic acid groups (broad SMARTS) is 1. The van der Waals surface area contributed by atoms with E-state index in [-0.39, 0.29) is 18.9 Å². The Morgan fingerprint density at radius 3 is 2.43 bits per heavy atom. The predicted molar refractivity (Wildman–Crippen MR) is 81.2 cm³/mol. The van der Waals surface area contributed by atoms with Crippen LogP contribution in [-0.2, 0) is 9.53 Å². The van der Waals surface area contributed by atoms with Crippen LogP contribution in [0, 0.1) is 16.0 Å². The van der Waals surface area contributed by atoms with Gasteiger partial charge in [-0.3, -0.25) is 0 Å². The molecule has 0 aromatic heterocycles. The highest BCUT2D eigenvalue weighted by molar-refractivity contribution is 5.80. The van der Waals surface area contributed by atoms with Crippen LogP contribution in [0.2, 0.25) is 0 Å². The summed E-state index contributed by atoms with van der Waals surface area (Å²) in [6, 6.07) is -1.17. The fraction of sp³-hybridized carbons (Fsp3) is 0.750. The molecule has 0 aromatic rings. The van der Waals surface area contributed by atoms with E-state index in [2.05, 4.69) is 15.7 Å². The van der Waals surface area contributed by atoms with Gasteiger partial charge in [0.05, 0.1) is 0 Å². The van der Waals surface area contributed by atoms with Gasteiger partial charge in [-0.1, -0.05) is 6.92 Å². The van der Waals surface area contributed by atoms with Crippen molar-refractivity contribution >= 4 is 18.0 Å². The molecule has 0 rings (SSSR count). The number of carboxylic acids is 1. The van der Waals surface area contributed by atoms with E-state index in [1.807, 2.05) is 0 Å². The standard InChI is InChI=1S/C12H23N5O6/c1-7(5-6-14-10(13)16-17(21)22)8(9(18)19)15-11(20)23-12(2,3)4/h7-8H,5-6H2,1-4H3,(H,15,20)(H,18,19)(H3,13,14,16)/t7-,8+/m1/s1. The molecule has 0 heterocycles. The van der Waals surface area contributed by atoms with Gasteiger partial charge in [0.1, 0.15) is 16.7 Å². The Balaban J connectivity index is 4.52. The zero-order valence-electron chi connectivity index (χ0n) is 13.5. The van der Waals surface area contributed by atoms with Crippen LogP contribution in [0.25, 0.3) is 0 Å². The molecule has 0 aliphatic rings. The Morgan fingerprint density at radius 2 is 2.00 bits per heavy atom. The highest BCUT2D eigenvalue weighted by atomic mass is 16.7. The molecule has 23 heavy (non-hydrogen) atoms. The van der Waals surface area contributed by atoms with Crippen molar-refractivity contribution in [2.45, 2.75) is 45.8 Å². The maximum atomic E-state index is 11.7. The van der Waals surface area contributed by atoms with Crippen molar-refractivity contribution < 1.29 is 24.5 Å². The summed E-state index contributed by atoms with van der Waals surface area (Å²) in [4.78, 5) is 33.0. The second kappa shape index (κ2) is 8.76. The van der Waals surface area contributed by atoms with Gasteiger partial charge in [-0.05, 0) is 33.1 Å². The summed E-state index contributed by atoms with van der Waals surface area (Å²) < 4.78 is 5.01. The van der Waals surface area contributed by atoms with E-state index in [9.17, 15) is 24.8 Å². The van der Waals surface area contributed by atoms with Crippen LogP contribution < -0.4 is 16.4 Å². The third kappa shape index (κ3) is 9.87. The Kier molecular flexibility index (Phi) is 7.77. The molecule has 0 aliphatic heterocycles. The van der Waals surface area contributed by atoms with E-state index in [4.69, 9.17) is 10.5 Å². The monoisotopic (exact) mass is 333 g/mol. The number of carbonyl (C=O) groups excluding carboxylic acids is 1. The second-order valence-corrected chi connectivity index (χ2v) is 5.88. The van der Waals surface area contributed by atoms with Crippen molar-refractivity contribution in [3.8, 4) is 0 Å². The molecular formula is C12H23N5O6. The molecule has 1 amide bonds. The lowest BCUT2D eigenvalue weighted by molar-refractivity contribution is -0.485. The van der Waals surface area contributed by atoms with Gasteiger partial charge in [-0.25, -0.2) is 19.7 Å². The first-order valence-corrected chi connectivity index (χ1v) is 6.87.